The van der Waals surface area contributed by atoms with Crippen LogP contribution >= 0.6 is 0 Å². The zero-order chi connectivity index (χ0) is 5.98. The summed E-state index contributed by atoms with van der Waals surface area (Å²) in [5.41, 5.74) is 0. The predicted octanol–water partition coefficient (Wildman–Crippen LogP) is 0.212. The van der Waals surface area contributed by atoms with Crippen LogP contribution in [0.4, 0.5) is 0 Å². The van der Waals surface area contributed by atoms with Gasteiger partial charge in [0, 0.05) is 0 Å². The fourth-order valence-corrected chi connectivity index (χ4v) is 1.47. The monoisotopic (exact) mass is 133 g/mol. The molecule has 0 aromatic rings. The highest BCUT2D eigenvalue weighted by molar-refractivity contribution is 7.72. The minimum Gasteiger partial charge on any atom is -0.232 e. The average Bonchev–Trinajstić information content (AvgIpc) is 1.55. The highest BCUT2D eigenvalue weighted by Crippen LogP contribution is 2.24. The normalized spacial score (nSPS) is 21.1. The molecule has 0 aromatic heterocycles. The molecular weight excluding hydrogens is 124 g/mol. The van der Waals surface area contributed by atoms with Crippen molar-refractivity contribution in [2.75, 3.05) is 5.75 Å². The third-order valence-electron chi connectivity index (χ3n) is 1.42. The van der Waals surface area contributed by atoms with Crippen LogP contribution in [0.25, 0.3) is 0 Å². The summed E-state index contributed by atoms with van der Waals surface area (Å²) in [7, 11) is -2.13. The van der Waals surface area contributed by atoms with Crippen molar-refractivity contribution >= 4 is 10.7 Å². The molecule has 1 unspecified atom stereocenters. The van der Waals surface area contributed by atoms with Crippen LogP contribution in [0.1, 0.15) is 12.8 Å². The van der Waals surface area contributed by atoms with E-state index in [9.17, 15) is 8.42 Å². The smallest absolute Gasteiger partial charge is 0.140 e. The van der Waals surface area contributed by atoms with Crippen molar-refractivity contribution < 1.29 is 8.42 Å². The summed E-state index contributed by atoms with van der Waals surface area (Å²) in [5, 5.41) is 0. The minimum atomic E-state index is -2.13. The number of hydrogen-bond acceptors (Lipinski definition) is 2. The minimum absolute atomic E-state index is 0.370. The van der Waals surface area contributed by atoms with Crippen molar-refractivity contribution in [2.24, 2.45) is 5.92 Å². The Hall–Kier alpha value is -0.0500. The molecular formula is C5H9O2S. The van der Waals surface area contributed by atoms with Gasteiger partial charge in [0.2, 0.25) is 0 Å². The summed E-state index contributed by atoms with van der Waals surface area (Å²) >= 11 is 0. The van der Waals surface area contributed by atoms with Crippen molar-refractivity contribution in [1.82, 2.24) is 0 Å². The van der Waals surface area contributed by atoms with E-state index in [-0.39, 0.29) is 0 Å². The Balaban J connectivity index is 2.19. The van der Waals surface area contributed by atoms with Crippen LogP contribution in [0.2, 0.25) is 0 Å². The van der Waals surface area contributed by atoms with Crippen LogP contribution in [0.15, 0.2) is 0 Å². The lowest BCUT2D eigenvalue weighted by Crippen LogP contribution is -2.16. The molecule has 47 valence electrons. The zero-order valence-electron chi connectivity index (χ0n) is 4.54. The highest BCUT2D eigenvalue weighted by Gasteiger charge is 2.17. The van der Waals surface area contributed by atoms with Crippen LogP contribution in [-0.2, 0) is 10.7 Å². The maximum absolute atomic E-state index is 10.0. The predicted molar refractivity (Wildman–Crippen MR) is 32.2 cm³/mol. The number of thiol groups is 1. The van der Waals surface area contributed by atoms with Gasteiger partial charge in [-0.1, -0.05) is 0 Å². The second kappa shape index (κ2) is 2.49. The fourth-order valence-electron chi connectivity index (χ4n) is 0.760. The molecule has 1 fully saturated rings. The molecule has 3 heteroatoms. The molecule has 0 bridgehead atoms. The quantitative estimate of drug-likeness (QED) is 0.546. The van der Waals surface area contributed by atoms with E-state index in [2.05, 4.69) is 6.42 Å². The number of rotatable bonds is 2. The van der Waals surface area contributed by atoms with Crippen LogP contribution in [-0.4, -0.2) is 14.2 Å². The molecule has 0 saturated heterocycles. The van der Waals surface area contributed by atoms with Crippen LogP contribution in [0.5, 0.6) is 0 Å². The van der Waals surface area contributed by atoms with Gasteiger partial charge in [-0.2, -0.15) is 0 Å². The molecule has 0 amide bonds. The van der Waals surface area contributed by atoms with Gasteiger partial charge in [-0.3, -0.25) is 0 Å². The third-order valence-corrected chi connectivity index (χ3v) is 2.19. The lowest BCUT2D eigenvalue weighted by Gasteiger charge is -2.21. The molecule has 1 atom stereocenters. The second-order valence-electron chi connectivity index (χ2n) is 2.09. The van der Waals surface area contributed by atoms with Crippen molar-refractivity contribution in [3.8, 4) is 0 Å². The molecule has 0 heterocycles. The van der Waals surface area contributed by atoms with E-state index in [1.807, 2.05) is 0 Å². The summed E-state index contributed by atoms with van der Waals surface area (Å²) in [6, 6.07) is 0. The molecule has 1 aliphatic rings. The second-order valence-corrected chi connectivity index (χ2v) is 3.12. The molecule has 0 spiro atoms. The Morgan fingerprint density at radius 3 is 2.38 bits per heavy atom. The third kappa shape index (κ3) is 1.47. The SMILES string of the molecule is O=[SH](=O)CC1[CH]CC1. The van der Waals surface area contributed by atoms with E-state index in [1.165, 1.54) is 0 Å². The van der Waals surface area contributed by atoms with Gasteiger partial charge in [-0.15, -0.1) is 0 Å². The summed E-state index contributed by atoms with van der Waals surface area (Å²) in [4.78, 5) is 0. The summed E-state index contributed by atoms with van der Waals surface area (Å²) in [6.45, 7) is 0. The van der Waals surface area contributed by atoms with Crippen molar-refractivity contribution in [3.63, 3.8) is 0 Å². The van der Waals surface area contributed by atoms with Gasteiger partial charge in [0.1, 0.15) is 10.7 Å². The molecule has 8 heavy (non-hydrogen) atoms. The Bertz CT molecular complexity index is 127. The first kappa shape index (κ1) is 6.08. The van der Waals surface area contributed by atoms with E-state index in [0.717, 1.165) is 12.8 Å². The molecule has 1 aliphatic carbocycles. The summed E-state index contributed by atoms with van der Waals surface area (Å²) in [5.74, 6) is 0.756. The first-order chi connectivity index (χ1) is 3.79. The van der Waals surface area contributed by atoms with E-state index in [1.54, 1.807) is 0 Å². The van der Waals surface area contributed by atoms with Gasteiger partial charge < -0.3 is 0 Å². The van der Waals surface area contributed by atoms with E-state index >= 15 is 0 Å². The molecule has 1 saturated carbocycles. The standard InChI is InChI=1S/C5H9O2S/c6-8(7)4-5-2-1-3-5/h2,5,8H,1,3-4H2. The van der Waals surface area contributed by atoms with Gasteiger partial charge in [-0.05, 0) is 25.2 Å². The Morgan fingerprint density at radius 2 is 2.25 bits per heavy atom. The van der Waals surface area contributed by atoms with Crippen molar-refractivity contribution in [3.05, 3.63) is 6.42 Å². The Kier molecular flexibility index (Phi) is 1.89. The van der Waals surface area contributed by atoms with E-state index in [0.29, 0.717) is 11.7 Å². The highest BCUT2D eigenvalue weighted by atomic mass is 32.2. The lowest BCUT2D eigenvalue weighted by atomic mass is 9.87. The maximum Gasteiger partial charge on any atom is 0.140 e. The van der Waals surface area contributed by atoms with Crippen LogP contribution < -0.4 is 0 Å². The Labute approximate surface area is 50.9 Å². The fraction of sp³-hybridized carbons (Fsp3) is 0.800. The topological polar surface area (TPSA) is 34.1 Å². The lowest BCUT2D eigenvalue weighted by molar-refractivity contribution is 0.470. The van der Waals surface area contributed by atoms with Gasteiger partial charge in [0.15, 0.2) is 0 Å². The van der Waals surface area contributed by atoms with Gasteiger partial charge in [0.25, 0.3) is 0 Å². The van der Waals surface area contributed by atoms with Crippen molar-refractivity contribution in [2.45, 2.75) is 12.8 Å². The largest absolute Gasteiger partial charge is 0.232 e. The van der Waals surface area contributed by atoms with Gasteiger partial charge >= 0.3 is 0 Å². The molecule has 0 N–H and O–H groups in total. The molecule has 0 aromatic carbocycles. The molecule has 2 nitrogen and oxygen atoms in total. The van der Waals surface area contributed by atoms with Crippen LogP contribution in [0.3, 0.4) is 0 Å². The first-order valence-corrected chi connectivity index (χ1v) is 4.10. The summed E-state index contributed by atoms with van der Waals surface area (Å²) < 4.78 is 20.0. The van der Waals surface area contributed by atoms with E-state index in [4.69, 9.17) is 0 Å². The Morgan fingerprint density at radius 1 is 1.62 bits per heavy atom. The van der Waals surface area contributed by atoms with Gasteiger partial charge in [-0.25, -0.2) is 8.42 Å². The zero-order valence-corrected chi connectivity index (χ0v) is 5.43. The van der Waals surface area contributed by atoms with E-state index < -0.39 is 10.7 Å². The van der Waals surface area contributed by atoms with Crippen LogP contribution in [0, 0.1) is 12.3 Å². The molecule has 0 aliphatic heterocycles. The van der Waals surface area contributed by atoms with Crippen molar-refractivity contribution in [1.29, 1.82) is 0 Å². The molecule has 1 rings (SSSR count). The van der Waals surface area contributed by atoms with Gasteiger partial charge in [0.05, 0.1) is 5.75 Å². The maximum atomic E-state index is 10.0. The first-order valence-electron chi connectivity index (χ1n) is 2.74. The average molecular weight is 133 g/mol. The molecule has 1 radical (unpaired) electrons. The summed E-state index contributed by atoms with van der Waals surface area (Å²) in [6.07, 6.45) is 4.24. The number of hydrogen-bond donors (Lipinski definition) is 1.